The molecule has 0 bridgehead atoms. The number of carbonyl (C=O) groups is 5. The standard InChI is InChI=1S/C26H35NO14/c1-14(30)36-13-21-22(37-15(2)31)23(38-16(3)32)24(39-17(4)33)26(41-21)40-19-7-6-18(12-20(19)35-5)25(34)27(8-10-28)9-11-29/h6-7,12,21-24,26,28-29H,8-11,13H2,1-5H3/t21-,22+,23-,24+,26-/m0/s1. The second-order valence-corrected chi connectivity index (χ2v) is 8.79. The molecule has 41 heavy (non-hydrogen) atoms. The van der Waals surface area contributed by atoms with Crippen molar-refractivity contribution in [2.45, 2.75) is 58.4 Å². The zero-order valence-corrected chi connectivity index (χ0v) is 23.4. The SMILES string of the molecule is COc1cc(C(=O)N(CCO)CCO)ccc1O[C@H]1O[C@@H](COC(C)=O)[C@@H](OC(C)=O)[C@H](OC(C)=O)[C@H]1OC(C)=O. The predicted molar refractivity (Wildman–Crippen MR) is 136 cm³/mol. The summed E-state index contributed by atoms with van der Waals surface area (Å²) in [5, 5.41) is 18.5. The molecule has 0 radical (unpaired) electrons. The van der Waals surface area contributed by atoms with Gasteiger partial charge in [-0.15, -0.1) is 0 Å². The highest BCUT2D eigenvalue weighted by atomic mass is 16.7. The van der Waals surface area contributed by atoms with Crippen LogP contribution in [0.5, 0.6) is 11.5 Å². The van der Waals surface area contributed by atoms with Crippen LogP contribution in [-0.2, 0) is 42.9 Å². The second-order valence-electron chi connectivity index (χ2n) is 8.79. The molecule has 1 aliphatic heterocycles. The van der Waals surface area contributed by atoms with Crippen LogP contribution in [0.4, 0.5) is 0 Å². The lowest BCUT2D eigenvalue weighted by Gasteiger charge is -2.44. The number of hydrogen-bond acceptors (Lipinski definition) is 14. The minimum Gasteiger partial charge on any atom is -0.493 e. The van der Waals surface area contributed by atoms with Gasteiger partial charge in [0, 0.05) is 46.3 Å². The number of methoxy groups -OCH3 is 1. The molecule has 15 heteroatoms. The zero-order chi connectivity index (χ0) is 30.7. The molecule has 1 amide bonds. The third-order valence-electron chi connectivity index (χ3n) is 5.63. The van der Waals surface area contributed by atoms with Crippen LogP contribution in [0.3, 0.4) is 0 Å². The lowest BCUT2D eigenvalue weighted by atomic mass is 9.98. The number of carbonyl (C=O) groups excluding carboxylic acids is 5. The fraction of sp³-hybridized carbons (Fsp3) is 0.577. The number of nitrogens with zero attached hydrogens (tertiary/aromatic N) is 1. The number of esters is 4. The maximum Gasteiger partial charge on any atom is 0.303 e. The summed E-state index contributed by atoms with van der Waals surface area (Å²) in [6.45, 7) is 3.37. The molecule has 0 spiro atoms. The van der Waals surface area contributed by atoms with Gasteiger partial charge in [-0.05, 0) is 18.2 Å². The van der Waals surface area contributed by atoms with Crippen LogP contribution in [0.2, 0.25) is 0 Å². The van der Waals surface area contributed by atoms with E-state index in [1.54, 1.807) is 0 Å². The fourth-order valence-electron chi connectivity index (χ4n) is 4.05. The maximum absolute atomic E-state index is 12.9. The van der Waals surface area contributed by atoms with Crippen LogP contribution < -0.4 is 9.47 Å². The van der Waals surface area contributed by atoms with Gasteiger partial charge in [0.1, 0.15) is 12.7 Å². The molecule has 1 aromatic rings. The van der Waals surface area contributed by atoms with Crippen molar-refractivity contribution in [1.82, 2.24) is 4.90 Å². The van der Waals surface area contributed by atoms with Crippen LogP contribution in [0.25, 0.3) is 0 Å². The summed E-state index contributed by atoms with van der Waals surface area (Å²) in [6.07, 6.45) is -6.99. The smallest absolute Gasteiger partial charge is 0.303 e. The van der Waals surface area contributed by atoms with Crippen molar-refractivity contribution in [2.75, 3.05) is 40.0 Å². The van der Waals surface area contributed by atoms with E-state index < -0.39 is 67.1 Å². The van der Waals surface area contributed by atoms with Crippen molar-refractivity contribution in [3.05, 3.63) is 23.8 Å². The van der Waals surface area contributed by atoms with Crippen molar-refractivity contribution in [3.8, 4) is 11.5 Å². The van der Waals surface area contributed by atoms with Crippen molar-refractivity contribution in [2.24, 2.45) is 0 Å². The van der Waals surface area contributed by atoms with E-state index in [1.807, 2.05) is 0 Å². The molecule has 15 nitrogen and oxygen atoms in total. The van der Waals surface area contributed by atoms with Gasteiger partial charge in [-0.1, -0.05) is 0 Å². The predicted octanol–water partition coefficient (Wildman–Crippen LogP) is -0.416. The highest BCUT2D eigenvalue weighted by Gasteiger charge is 2.53. The molecule has 0 saturated carbocycles. The van der Waals surface area contributed by atoms with E-state index >= 15 is 0 Å². The number of rotatable bonds is 13. The molecule has 5 atom stereocenters. The first kappa shape index (κ1) is 33.3. The summed E-state index contributed by atoms with van der Waals surface area (Å²) in [6, 6.07) is 4.12. The van der Waals surface area contributed by atoms with E-state index in [2.05, 4.69) is 0 Å². The molecule has 1 saturated heterocycles. The molecule has 0 aliphatic carbocycles. The van der Waals surface area contributed by atoms with Crippen molar-refractivity contribution in [1.29, 1.82) is 0 Å². The Morgan fingerprint density at radius 3 is 1.88 bits per heavy atom. The van der Waals surface area contributed by atoms with Gasteiger partial charge < -0.3 is 48.3 Å². The number of hydrogen-bond donors (Lipinski definition) is 2. The molecular formula is C26H35NO14. The number of benzene rings is 1. The summed E-state index contributed by atoms with van der Waals surface area (Å²) in [7, 11) is 1.31. The molecule has 1 aliphatic rings. The third-order valence-corrected chi connectivity index (χ3v) is 5.63. The Balaban J connectivity index is 2.50. The maximum atomic E-state index is 12.9. The molecule has 0 aromatic heterocycles. The number of ether oxygens (including phenoxy) is 7. The van der Waals surface area contributed by atoms with E-state index in [0.29, 0.717) is 0 Å². The van der Waals surface area contributed by atoms with Crippen molar-refractivity contribution < 1.29 is 67.3 Å². The average molecular weight is 586 g/mol. The summed E-state index contributed by atoms with van der Waals surface area (Å²) in [4.78, 5) is 61.6. The van der Waals surface area contributed by atoms with Gasteiger partial charge in [-0.25, -0.2) is 0 Å². The fourth-order valence-corrected chi connectivity index (χ4v) is 4.05. The van der Waals surface area contributed by atoms with Crippen LogP contribution in [0.15, 0.2) is 18.2 Å². The monoisotopic (exact) mass is 585 g/mol. The number of aliphatic hydroxyl groups is 2. The largest absolute Gasteiger partial charge is 0.493 e. The average Bonchev–Trinajstić information content (AvgIpc) is 2.89. The van der Waals surface area contributed by atoms with E-state index in [1.165, 1.54) is 30.2 Å². The first-order valence-electron chi connectivity index (χ1n) is 12.6. The molecular weight excluding hydrogens is 550 g/mol. The minimum absolute atomic E-state index is 0.00923. The van der Waals surface area contributed by atoms with Gasteiger partial charge in [0.25, 0.3) is 5.91 Å². The Kier molecular flexibility index (Phi) is 12.8. The topological polar surface area (TPSA) is 194 Å². The Hall–Kier alpha value is -3.95. The normalized spacial score (nSPS) is 21.7. The van der Waals surface area contributed by atoms with Crippen molar-refractivity contribution in [3.63, 3.8) is 0 Å². The molecule has 1 fully saturated rings. The van der Waals surface area contributed by atoms with E-state index in [4.69, 9.17) is 33.2 Å². The Morgan fingerprint density at radius 1 is 0.805 bits per heavy atom. The summed E-state index contributed by atoms with van der Waals surface area (Å²) < 4.78 is 38.4. The molecule has 2 N–H and O–H groups in total. The van der Waals surface area contributed by atoms with E-state index in [9.17, 15) is 34.2 Å². The van der Waals surface area contributed by atoms with Crippen LogP contribution >= 0.6 is 0 Å². The van der Waals surface area contributed by atoms with Crippen molar-refractivity contribution >= 4 is 29.8 Å². The van der Waals surface area contributed by atoms with Crippen LogP contribution in [0.1, 0.15) is 38.1 Å². The molecule has 1 heterocycles. The molecule has 1 aromatic carbocycles. The third kappa shape index (κ3) is 9.58. The Labute approximate surface area is 236 Å². The summed E-state index contributed by atoms with van der Waals surface area (Å²) in [5.41, 5.74) is 0.151. The van der Waals surface area contributed by atoms with Crippen LogP contribution in [0, 0.1) is 0 Å². The lowest BCUT2D eigenvalue weighted by molar-refractivity contribution is -0.288. The molecule has 2 rings (SSSR count). The van der Waals surface area contributed by atoms with Gasteiger partial charge in [-0.3, -0.25) is 24.0 Å². The highest BCUT2D eigenvalue weighted by molar-refractivity contribution is 5.95. The lowest BCUT2D eigenvalue weighted by Crippen LogP contribution is -2.63. The van der Waals surface area contributed by atoms with E-state index in [0.717, 1.165) is 27.7 Å². The summed E-state index contributed by atoms with van der Waals surface area (Å²) in [5.74, 6) is -3.47. The minimum atomic E-state index is -1.51. The number of aliphatic hydroxyl groups excluding tert-OH is 2. The Bertz CT molecular complexity index is 1090. The first-order valence-corrected chi connectivity index (χ1v) is 12.6. The van der Waals surface area contributed by atoms with Gasteiger partial charge in [0.15, 0.2) is 23.7 Å². The second kappa shape index (κ2) is 15.7. The highest BCUT2D eigenvalue weighted by Crippen LogP contribution is 2.35. The van der Waals surface area contributed by atoms with Gasteiger partial charge >= 0.3 is 23.9 Å². The van der Waals surface area contributed by atoms with E-state index in [-0.39, 0.29) is 43.4 Å². The quantitative estimate of drug-likeness (QED) is 0.224. The van der Waals surface area contributed by atoms with Gasteiger partial charge in [0.05, 0.1) is 20.3 Å². The van der Waals surface area contributed by atoms with Gasteiger partial charge in [0.2, 0.25) is 12.4 Å². The summed E-state index contributed by atoms with van der Waals surface area (Å²) >= 11 is 0. The number of amides is 1. The van der Waals surface area contributed by atoms with Gasteiger partial charge in [-0.2, -0.15) is 0 Å². The first-order chi connectivity index (χ1) is 19.4. The Morgan fingerprint density at radius 2 is 1.37 bits per heavy atom. The molecule has 0 unspecified atom stereocenters. The van der Waals surface area contributed by atoms with Crippen LogP contribution in [-0.4, -0.2) is 116 Å². The molecule has 228 valence electrons. The zero-order valence-electron chi connectivity index (χ0n) is 23.4.